The third-order valence-electron chi connectivity index (χ3n) is 6.42. The monoisotopic (exact) mass is 598 g/mol. The zero-order valence-electron chi connectivity index (χ0n) is 19.9. The third-order valence-corrected chi connectivity index (χ3v) is 7.87. The van der Waals surface area contributed by atoms with Gasteiger partial charge in [-0.25, -0.2) is 4.98 Å². The predicted octanol–water partition coefficient (Wildman–Crippen LogP) is 4.91. The minimum atomic E-state index is -3.42. The molecule has 2 amide bonds. The molecular weight excluding hydrogens is 569 g/mol. The Morgan fingerprint density at radius 2 is 1.83 bits per heavy atom. The number of fused-ring (bicyclic) bond motifs is 1. The van der Waals surface area contributed by atoms with E-state index < -0.39 is 36.0 Å². The first kappa shape index (κ1) is 25.4. The molecule has 0 unspecified atom stereocenters. The van der Waals surface area contributed by atoms with E-state index in [4.69, 9.17) is 4.98 Å². The molecule has 0 bridgehead atoms. The number of hydrogen-bond donors (Lipinski definition) is 2. The highest BCUT2D eigenvalue weighted by Crippen LogP contribution is 2.40. The Hall–Kier alpha value is -2.70. The summed E-state index contributed by atoms with van der Waals surface area (Å²) < 4.78 is 26.8. The van der Waals surface area contributed by atoms with E-state index in [-0.39, 0.29) is 11.6 Å². The standard InChI is InChI=1S/C24H29F2IN6O2/c1-23(2)14-33(17-7-5-6-8-17)19-18(32(4)21(23)35)13-28-22(31-19)30-16-11-9-15(10-12-16)29-20(34)24(25,26)27-3/h9-13,17H,3,5-8,14H2,1-2,4H3,(H,29,34)(H,28,30,31). The number of benzene rings is 1. The molecule has 0 spiro atoms. The van der Waals surface area contributed by atoms with Crippen LogP contribution in [0.15, 0.2) is 30.5 Å². The van der Waals surface area contributed by atoms with Gasteiger partial charge in [0.2, 0.25) is 11.9 Å². The number of aromatic nitrogens is 2. The molecule has 1 aliphatic heterocycles. The smallest absolute Gasteiger partial charge is 0.351 e. The van der Waals surface area contributed by atoms with Crippen molar-refractivity contribution in [3.05, 3.63) is 30.5 Å². The number of amides is 2. The molecule has 2 aromatic rings. The Balaban J connectivity index is 1.58. The van der Waals surface area contributed by atoms with E-state index >= 15 is 0 Å². The lowest BCUT2D eigenvalue weighted by Crippen LogP contribution is -2.45. The van der Waals surface area contributed by atoms with E-state index in [1.54, 1.807) is 30.3 Å². The lowest BCUT2D eigenvalue weighted by atomic mass is 9.91. The molecule has 8 nitrogen and oxygen atoms in total. The normalized spacial score (nSPS) is 18.3. The molecule has 1 aromatic carbocycles. The molecule has 1 saturated carbocycles. The van der Waals surface area contributed by atoms with Crippen molar-refractivity contribution in [2.45, 2.75) is 49.5 Å². The van der Waals surface area contributed by atoms with Crippen molar-refractivity contribution in [1.82, 2.24) is 9.97 Å². The summed E-state index contributed by atoms with van der Waals surface area (Å²) in [5.41, 5.74) is 0.990. The average molecular weight is 598 g/mol. The van der Waals surface area contributed by atoms with Crippen LogP contribution in [0.5, 0.6) is 0 Å². The minimum absolute atomic E-state index is 0.0211. The Kier molecular flexibility index (Phi) is 7.07. The van der Waals surface area contributed by atoms with Gasteiger partial charge >= 0.3 is 9.84 Å². The molecule has 0 radical (unpaired) electrons. The van der Waals surface area contributed by atoms with Crippen LogP contribution in [0.3, 0.4) is 0 Å². The van der Waals surface area contributed by atoms with Gasteiger partial charge in [-0.2, -0.15) is 13.8 Å². The highest BCUT2D eigenvalue weighted by atomic mass is 127. The van der Waals surface area contributed by atoms with Crippen molar-refractivity contribution in [2.24, 2.45) is 5.41 Å². The summed E-state index contributed by atoms with van der Waals surface area (Å²) in [6.07, 6.45) is 6.08. The van der Waals surface area contributed by atoms with Gasteiger partial charge in [0.1, 0.15) is 5.69 Å². The molecule has 1 aliphatic carbocycles. The number of anilines is 5. The first-order valence-corrected chi connectivity index (χ1v) is 14.0. The Morgan fingerprint density at radius 1 is 1.20 bits per heavy atom. The SMILES string of the molecule is C=IC(F)(F)C(=O)Nc1ccc(Nc2ncc3c(n2)N(C2CCCC2)CC(C)(C)C(=O)N3C)cc1. The first-order valence-electron chi connectivity index (χ1n) is 11.4. The fourth-order valence-corrected chi connectivity index (χ4v) is 5.03. The predicted molar refractivity (Wildman–Crippen MR) is 143 cm³/mol. The van der Waals surface area contributed by atoms with Crippen LogP contribution in [0, 0.1) is 5.41 Å². The van der Waals surface area contributed by atoms with E-state index in [0.717, 1.165) is 31.5 Å². The van der Waals surface area contributed by atoms with E-state index in [2.05, 4.69) is 25.0 Å². The maximum absolute atomic E-state index is 13.5. The van der Waals surface area contributed by atoms with E-state index in [1.165, 1.54) is 12.1 Å². The Bertz CT molecular complexity index is 1140. The zero-order chi connectivity index (χ0) is 25.4. The van der Waals surface area contributed by atoms with Crippen molar-refractivity contribution in [1.29, 1.82) is 0 Å². The fourth-order valence-electron chi connectivity index (χ4n) is 4.55. The Morgan fingerprint density at radius 3 is 2.46 bits per heavy atom. The highest BCUT2D eigenvalue weighted by molar-refractivity contribution is 14.2. The maximum Gasteiger partial charge on any atom is 0.367 e. The summed E-state index contributed by atoms with van der Waals surface area (Å²) in [6.45, 7) is 4.49. The Labute approximate surface area is 213 Å². The summed E-state index contributed by atoms with van der Waals surface area (Å²) in [7, 11) is 1.75. The molecule has 35 heavy (non-hydrogen) atoms. The second kappa shape index (κ2) is 9.75. The molecule has 4 rings (SSSR count). The van der Waals surface area contributed by atoms with Gasteiger partial charge < -0.3 is 20.4 Å². The van der Waals surface area contributed by atoms with Gasteiger partial charge in [-0.1, -0.05) is 17.4 Å². The second-order valence-electron chi connectivity index (χ2n) is 9.50. The number of carbonyl (C=O) groups is 2. The van der Waals surface area contributed by atoms with Crippen molar-refractivity contribution < 1.29 is 18.4 Å². The van der Waals surface area contributed by atoms with Crippen molar-refractivity contribution >= 4 is 65.9 Å². The van der Waals surface area contributed by atoms with Crippen LogP contribution in [-0.4, -0.2) is 49.9 Å². The molecule has 0 atom stereocenters. The first-order chi connectivity index (χ1) is 16.5. The van der Waals surface area contributed by atoms with E-state index in [0.29, 0.717) is 29.9 Å². The zero-order valence-corrected chi connectivity index (χ0v) is 22.1. The van der Waals surface area contributed by atoms with Gasteiger partial charge in [-0.15, -0.1) is 0 Å². The molecular formula is C24H29F2IN6O2. The van der Waals surface area contributed by atoms with Crippen LogP contribution in [0.2, 0.25) is 0 Å². The molecule has 2 N–H and O–H groups in total. The average Bonchev–Trinajstić information content (AvgIpc) is 3.35. The van der Waals surface area contributed by atoms with Crippen LogP contribution in [0.1, 0.15) is 39.5 Å². The van der Waals surface area contributed by atoms with Gasteiger partial charge in [0.25, 0.3) is 0 Å². The molecule has 11 heteroatoms. The van der Waals surface area contributed by atoms with E-state index in [9.17, 15) is 18.4 Å². The number of hydrogen-bond acceptors (Lipinski definition) is 6. The van der Waals surface area contributed by atoms with Crippen LogP contribution in [0.4, 0.5) is 37.6 Å². The number of carbonyl (C=O) groups excluding carboxylic acids is 2. The summed E-state index contributed by atoms with van der Waals surface area (Å²) in [6, 6.07) is 6.67. The van der Waals surface area contributed by atoms with Crippen molar-refractivity contribution in [3.63, 3.8) is 0 Å². The van der Waals surface area contributed by atoms with Crippen molar-refractivity contribution in [3.8, 4) is 0 Å². The number of nitrogens with zero attached hydrogens (tertiary/aromatic N) is 4. The molecule has 188 valence electrons. The van der Waals surface area contributed by atoms with E-state index in [1.807, 2.05) is 13.8 Å². The van der Waals surface area contributed by atoms with Gasteiger partial charge in [0.15, 0.2) is 5.82 Å². The van der Waals surface area contributed by atoms with Gasteiger partial charge in [0, 0.05) is 31.0 Å². The lowest BCUT2D eigenvalue weighted by molar-refractivity contribution is -0.127. The molecule has 2 heterocycles. The topological polar surface area (TPSA) is 90.5 Å². The molecule has 2 aliphatic rings. The fraction of sp³-hybridized carbons (Fsp3) is 0.458. The minimum Gasteiger partial charge on any atom is -0.351 e. The second-order valence-corrected chi connectivity index (χ2v) is 11.6. The largest absolute Gasteiger partial charge is 0.367 e. The van der Waals surface area contributed by atoms with Crippen LogP contribution in [-0.2, 0) is 9.59 Å². The summed E-state index contributed by atoms with van der Waals surface area (Å²) in [4.78, 5) is 37.9. The van der Waals surface area contributed by atoms with Gasteiger partial charge in [-0.05, 0) is 71.7 Å². The van der Waals surface area contributed by atoms with Gasteiger partial charge in [-0.3, -0.25) is 9.59 Å². The van der Waals surface area contributed by atoms with Crippen LogP contribution < -0.4 is 20.4 Å². The summed E-state index contributed by atoms with van der Waals surface area (Å²) in [5.74, 6) is -0.243. The number of alkyl halides is 3. The maximum atomic E-state index is 13.5. The molecule has 1 fully saturated rings. The molecule has 1 aromatic heterocycles. The third kappa shape index (κ3) is 5.29. The quantitative estimate of drug-likeness (QED) is 0.363. The number of halogens is 3. The number of nitrogens with one attached hydrogen (secondary N) is 2. The summed E-state index contributed by atoms with van der Waals surface area (Å²) in [5, 5.41) is 5.36. The highest BCUT2D eigenvalue weighted by Gasteiger charge is 2.41. The van der Waals surface area contributed by atoms with Crippen LogP contribution >= 0.6 is 20.7 Å². The van der Waals surface area contributed by atoms with Crippen molar-refractivity contribution in [2.75, 3.05) is 34.0 Å². The lowest BCUT2D eigenvalue weighted by Gasteiger charge is -2.34. The van der Waals surface area contributed by atoms with Gasteiger partial charge in [0.05, 0.1) is 11.6 Å². The number of rotatable bonds is 6. The van der Waals surface area contributed by atoms with Crippen LogP contribution in [0.25, 0.3) is 0 Å². The summed E-state index contributed by atoms with van der Waals surface area (Å²) >= 11 is -1.80. The molecule has 0 saturated heterocycles.